The first-order valence-electron chi connectivity index (χ1n) is 4.91. The first-order chi connectivity index (χ1) is 7.27. The summed E-state index contributed by atoms with van der Waals surface area (Å²) in [6.07, 6.45) is 0. The SMILES string of the molecule is [Cl-].[NH3+]C(c1ccccc1)c1ccc(Cl)cc1. The minimum absolute atomic E-state index is 0. The molecule has 0 aliphatic rings. The summed E-state index contributed by atoms with van der Waals surface area (Å²) in [6.45, 7) is 0. The van der Waals surface area contributed by atoms with E-state index in [0.717, 1.165) is 5.02 Å². The molecule has 0 saturated carbocycles. The van der Waals surface area contributed by atoms with Gasteiger partial charge in [-0.05, 0) is 12.1 Å². The molecule has 1 unspecified atom stereocenters. The summed E-state index contributed by atoms with van der Waals surface area (Å²) in [5, 5.41) is 0.763. The van der Waals surface area contributed by atoms with Gasteiger partial charge in [-0.25, -0.2) is 0 Å². The Kier molecular flexibility index (Phi) is 4.81. The van der Waals surface area contributed by atoms with Crippen LogP contribution in [-0.4, -0.2) is 0 Å². The summed E-state index contributed by atoms with van der Waals surface area (Å²) in [6, 6.07) is 18.3. The summed E-state index contributed by atoms with van der Waals surface area (Å²) in [5.74, 6) is 0. The number of halogens is 2. The molecule has 0 aliphatic heterocycles. The minimum atomic E-state index is 0. The molecule has 0 aliphatic carbocycles. The molecule has 0 fully saturated rings. The van der Waals surface area contributed by atoms with Crippen LogP contribution in [0.1, 0.15) is 17.2 Å². The second-order valence-electron chi connectivity index (χ2n) is 3.51. The zero-order valence-corrected chi connectivity index (χ0v) is 10.2. The molecule has 1 atom stereocenters. The molecule has 1 nitrogen and oxygen atoms in total. The van der Waals surface area contributed by atoms with Gasteiger partial charge in [-0.2, -0.15) is 0 Å². The average Bonchev–Trinajstić information content (AvgIpc) is 2.30. The highest BCUT2D eigenvalue weighted by Crippen LogP contribution is 2.19. The van der Waals surface area contributed by atoms with Crippen LogP contribution < -0.4 is 18.1 Å². The molecule has 0 spiro atoms. The molecular formula is C13H13Cl2N. The molecular weight excluding hydrogens is 241 g/mol. The van der Waals surface area contributed by atoms with Crippen LogP contribution in [0.2, 0.25) is 5.02 Å². The third-order valence-corrected chi connectivity index (χ3v) is 2.73. The lowest BCUT2D eigenvalue weighted by Gasteiger charge is -2.08. The van der Waals surface area contributed by atoms with Gasteiger partial charge in [-0.1, -0.05) is 54.1 Å². The predicted molar refractivity (Wildman–Crippen MR) is 62.6 cm³/mol. The van der Waals surface area contributed by atoms with Crippen molar-refractivity contribution in [3.05, 3.63) is 70.7 Å². The third-order valence-electron chi connectivity index (χ3n) is 2.47. The second-order valence-corrected chi connectivity index (χ2v) is 3.95. The Labute approximate surface area is 107 Å². The zero-order chi connectivity index (χ0) is 10.7. The number of hydrogen-bond donors (Lipinski definition) is 1. The molecule has 2 aromatic carbocycles. The first kappa shape index (κ1) is 13.0. The molecule has 0 saturated heterocycles. The van der Waals surface area contributed by atoms with E-state index >= 15 is 0 Å². The topological polar surface area (TPSA) is 27.6 Å². The number of rotatable bonds is 2. The Hall–Kier alpha value is -1.02. The summed E-state index contributed by atoms with van der Waals surface area (Å²) in [5.41, 5.74) is 6.57. The molecule has 3 heteroatoms. The smallest absolute Gasteiger partial charge is 0.136 e. The second kappa shape index (κ2) is 5.90. The minimum Gasteiger partial charge on any atom is -1.00 e. The molecule has 0 aromatic heterocycles. The normalized spacial score (nSPS) is 11.6. The van der Waals surface area contributed by atoms with Crippen LogP contribution in [0.4, 0.5) is 0 Å². The van der Waals surface area contributed by atoms with E-state index in [1.54, 1.807) is 0 Å². The van der Waals surface area contributed by atoms with Gasteiger partial charge < -0.3 is 18.1 Å². The Morgan fingerprint density at radius 1 is 0.812 bits per heavy atom. The summed E-state index contributed by atoms with van der Waals surface area (Å²) in [4.78, 5) is 0. The van der Waals surface area contributed by atoms with E-state index in [0.29, 0.717) is 0 Å². The average molecular weight is 254 g/mol. The molecule has 3 N–H and O–H groups in total. The van der Waals surface area contributed by atoms with Gasteiger partial charge in [0.1, 0.15) is 6.04 Å². The fourth-order valence-corrected chi connectivity index (χ4v) is 1.70. The van der Waals surface area contributed by atoms with Crippen LogP contribution in [0.5, 0.6) is 0 Å². The van der Waals surface area contributed by atoms with Crippen LogP contribution in [0, 0.1) is 0 Å². The lowest BCUT2D eigenvalue weighted by molar-refractivity contribution is -0.411. The van der Waals surface area contributed by atoms with Gasteiger partial charge >= 0.3 is 0 Å². The molecule has 84 valence electrons. The van der Waals surface area contributed by atoms with Crippen molar-refractivity contribution < 1.29 is 18.1 Å². The van der Waals surface area contributed by atoms with Gasteiger partial charge in [0.05, 0.1) is 0 Å². The zero-order valence-electron chi connectivity index (χ0n) is 8.74. The van der Waals surface area contributed by atoms with E-state index in [1.165, 1.54) is 11.1 Å². The Balaban J connectivity index is 0.00000128. The summed E-state index contributed by atoms with van der Waals surface area (Å²) >= 11 is 5.84. The largest absolute Gasteiger partial charge is 1.00 e. The van der Waals surface area contributed by atoms with E-state index in [9.17, 15) is 0 Å². The van der Waals surface area contributed by atoms with Gasteiger partial charge in [0.15, 0.2) is 0 Å². The molecule has 0 heterocycles. The quantitative estimate of drug-likeness (QED) is 0.760. The summed E-state index contributed by atoms with van der Waals surface area (Å²) in [7, 11) is 0. The van der Waals surface area contributed by atoms with Crippen LogP contribution >= 0.6 is 11.6 Å². The van der Waals surface area contributed by atoms with Crippen molar-refractivity contribution in [2.45, 2.75) is 6.04 Å². The molecule has 0 radical (unpaired) electrons. The van der Waals surface area contributed by atoms with Crippen molar-refractivity contribution in [2.75, 3.05) is 0 Å². The standard InChI is InChI=1S/C13H12ClN.ClH/c14-12-8-6-11(7-9-12)13(15)10-4-2-1-3-5-10;/h1-9,13H,15H2;1H. The molecule has 0 bridgehead atoms. The summed E-state index contributed by atoms with van der Waals surface area (Å²) < 4.78 is 0. The van der Waals surface area contributed by atoms with Gasteiger partial charge in [-0.15, -0.1) is 0 Å². The maximum absolute atomic E-state index is 5.84. The lowest BCUT2D eigenvalue weighted by Crippen LogP contribution is -3.00. The number of quaternary nitrogens is 1. The van der Waals surface area contributed by atoms with Crippen LogP contribution in [0.3, 0.4) is 0 Å². The fourth-order valence-electron chi connectivity index (χ4n) is 1.57. The Bertz CT molecular complexity index is 425. The van der Waals surface area contributed by atoms with Crippen molar-refractivity contribution in [2.24, 2.45) is 0 Å². The molecule has 0 amide bonds. The Morgan fingerprint density at radius 3 is 1.88 bits per heavy atom. The highest BCUT2D eigenvalue weighted by atomic mass is 35.5. The van der Waals surface area contributed by atoms with Gasteiger partial charge in [-0.3, -0.25) is 0 Å². The van der Waals surface area contributed by atoms with Gasteiger partial charge in [0.25, 0.3) is 0 Å². The van der Waals surface area contributed by atoms with E-state index < -0.39 is 0 Å². The van der Waals surface area contributed by atoms with Crippen molar-refractivity contribution >= 4 is 11.6 Å². The fraction of sp³-hybridized carbons (Fsp3) is 0.0769. The van der Waals surface area contributed by atoms with Crippen molar-refractivity contribution in [3.8, 4) is 0 Å². The molecule has 2 aromatic rings. The van der Waals surface area contributed by atoms with E-state index in [-0.39, 0.29) is 18.4 Å². The van der Waals surface area contributed by atoms with Crippen LogP contribution in [0.15, 0.2) is 54.6 Å². The van der Waals surface area contributed by atoms with Gasteiger partial charge in [0.2, 0.25) is 0 Å². The van der Waals surface area contributed by atoms with E-state index in [4.69, 9.17) is 11.6 Å². The maximum atomic E-state index is 5.84. The molecule has 2 rings (SSSR count). The monoisotopic (exact) mass is 253 g/mol. The Morgan fingerprint density at radius 2 is 1.31 bits per heavy atom. The van der Waals surface area contributed by atoms with Crippen LogP contribution in [0.25, 0.3) is 0 Å². The lowest BCUT2D eigenvalue weighted by atomic mass is 10.00. The van der Waals surface area contributed by atoms with E-state index in [2.05, 4.69) is 17.9 Å². The number of hydrogen-bond acceptors (Lipinski definition) is 0. The highest BCUT2D eigenvalue weighted by Gasteiger charge is 2.10. The van der Waals surface area contributed by atoms with Gasteiger partial charge in [0, 0.05) is 16.1 Å². The van der Waals surface area contributed by atoms with Crippen molar-refractivity contribution in [3.63, 3.8) is 0 Å². The van der Waals surface area contributed by atoms with Crippen molar-refractivity contribution in [1.29, 1.82) is 0 Å². The van der Waals surface area contributed by atoms with E-state index in [1.807, 2.05) is 42.5 Å². The third kappa shape index (κ3) is 2.99. The predicted octanol–water partition coefficient (Wildman–Crippen LogP) is -0.325. The van der Waals surface area contributed by atoms with Crippen molar-refractivity contribution in [1.82, 2.24) is 0 Å². The van der Waals surface area contributed by atoms with Crippen LogP contribution in [-0.2, 0) is 0 Å². The highest BCUT2D eigenvalue weighted by molar-refractivity contribution is 6.30. The maximum Gasteiger partial charge on any atom is 0.136 e. The number of benzene rings is 2. The first-order valence-corrected chi connectivity index (χ1v) is 5.28. The molecule has 16 heavy (non-hydrogen) atoms.